The van der Waals surface area contributed by atoms with Gasteiger partial charge in [-0.1, -0.05) is 78.4 Å². The highest BCUT2D eigenvalue weighted by Gasteiger charge is 2.05. The summed E-state index contributed by atoms with van der Waals surface area (Å²) in [6, 6.07) is 18.3. The third-order valence-corrected chi connectivity index (χ3v) is 5.21. The van der Waals surface area contributed by atoms with E-state index in [1.807, 2.05) is 60.8 Å². The average Bonchev–Trinajstić information content (AvgIpc) is 3.18. The van der Waals surface area contributed by atoms with Crippen LogP contribution in [0.4, 0.5) is 0 Å². The molecule has 132 valence electrons. The molecule has 0 bridgehead atoms. The molecule has 2 aromatic carbocycles. The van der Waals surface area contributed by atoms with Crippen LogP contribution in [0.1, 0.15) is 11.1 Å². The molecule has 1 heterocycles. The first-order chi connectivity index (χ1) is 12.8. The minimum absolute atomic E-state index is 0.361. The standard InChI is InChI=1S/C22H21ClN2S/c23-21-11-8-20(9-12-21)10-13-22(17-25-15-14-24-18-25)26-16-4-7-19-5-2-1-3-6-19/h1-15,18,22H,16-17H2/b7-4+,13-10+. The van der Waals surface area contributed by atoms with Crippen molar-refractivity contribution in [1.29, 1.82) is 0 Å². The van der Waals surface area contributed by atoms with Gasteiger partial charge in [-0.25, -0.2) is 4.98 Å². The van der Waals surface area contributed by atoms with Crippen molar-refractivity contribution in [2.24, 2.45) is 0 Å². The first-order valence-corrected chi connectivity index (χ1v) is 9.95. The lowest BCUT2D eigenvalue weighted by Gasteiger charge is -2.12. The Bertz CT molecular complexity index is 824. The van der Waals surface area contributed by atoms with Gasteiger partial charge in [0.2, 0.25) is 0 Å². The van der Waals surface area contributed by atoms with Gasteiger partial charge in [0.1, 0.15) is 0 Å². The molecule has 0 aliphatic rings. The molecule has 0 fully saturated rings. The molecule has 0 N–H and O–H groups in total. The summed E-state index contributed by atoms with van der Waals surface area (Å²) >= 11 is 7.87. The van der Waals surface area contributed by atoms with E-state index in [2.05, 4.69) is 58.1 Å². The highest BCUT2D eigenvalue weighted by Crippen LogP contribution is 2.18. The topological polar surface area (TPSA) is 17.8 Å². The van der Waals surface area contributed by atoms with Gasteiger partial charge in [-0.2, -0.15) is 0 Å². The summed E-state index contributed by atoms with van der Waals surface area (Å²) in [7, 11) is 0. The summed E-state index contributed by atoms with van der Waals surface area (Å²) in [4.78, 5) is 4.14. The molecule has 0 amide bonds. The SMILES string of the molecule is Clc1ccc(/C=C/C(Cn2ccnc2)SC/C=C/c2ccccc2)cc1. The number of imidazole rings is 1. The maximum Gasteiger partial charge on any atom is 0.0946 e. The predicted octanol–water partition coefficient (Wildman–Crippen LogP) is 6.07. The highest BCUT2D eigenvalue weighted by molar-refractivity contribution is 8.00. The normalized spacial score (nSPS) is 12.8. The van der Waals surface area contributed by atoms with Crippen molar-refractivity contribution in [3.8, 4) is 0 Å². The fourth-order valence-electron chi connectivity index (χ4n) is 2.49. The maximum absolute atomic E-state index is 5.96. The molecule has 1 atom stereocenters. The van der Waals surface area contributed by atoms with Crippen molar-refractivity contribution in [1.82, 2.24) is 9.55 Å². The zero-order valence-electron chi connectivity index (χ0n) is 14.4. The molecule has 3 rings (SSSR count). The largest absolute Gasteiger partial charge is 0.336 e. The van der Waals surface area contributed by atoms with Gasteiger partial charge in [-0.05, 0) is 23.3 Å². The zero-order valence-corrected chi connectivity index (χ0v) is 16.0. The van der Waals surface area contributed by atoms with Crippen LogP contribution in [0.15, 0.2) is 85.5 Å². The number of rotatable bonds is 8. The van der Waals surface area contributed by atoms with Crippen LogP contribution in [-0.4, -0.2) is 20.6 Å². The Morgan fingerprint density at radius 1 is 1.00 bits per heavy atom. The number of hydrogen-bond acceptors (Lipinski definition) is 2. The van der Waals surface area contributed by atoms with E-state index in [0.717, 1.165) is 22.9 Å². The van der Waals surface area contributed by atoms with Crippen LogP contribution in [0.25, 0.3) is 12.2 Å². The molecule has 0 saturated carbocycles. The van der Waals surface area contributed by atoms with E-state index < -0.39 is 0 Å². The van der Waals surface area contributed by atoms with Crippen molar-refractivity contribution >= 4 is 35.5 Å². The van der Waals surface area contributed by atoms with Crippen molar-refractivity contribution in [2.45, 2.75) is 11.8 Å². The molecule has 2 nitrogen and oxygen atoms in total. The number of nitrogens with zero attached hydrogens (tertiary/aromatic N) is 2. The van der Waals surface area contributed by atoms with Crippen LogP contribution in [0.2, 0.25) is 5.02 Å². The minimum atomic E-state index is 0.361. The lowest BCUT2D eigenvalue weighted by atomic mass is 10.2. The molecule has 1 unspecified atom stereocenters. The quantitative estimate of drug-likeness (QED) is 0.472. The Kier molecular flexibility index (Phi) is 7.17. The van der Waals surface area contributed by atoms with Crippen LogP contribution >= 0.6 is 23.4 Å². The molecule has 0 saturated heterocycles. The van der Waals surface area contributed by atoms with Crippen molar-refractivity contribution in [2.75, 3.05) is 5.75 Å². The summed E-state index contributed by atoms with van der Waals surface area (Å²) < 4.78 is 2.12. The molecule has 4 heteroatoms. The second kappa shape index (κ2) is 10.0. The van der Waals surface area contributed by atoms with Crippen molar-refractivity contribution in [3.05, 3.63) is 102 Å². The van der Waals surface area contributed by atoms with Gasteiger partial charge in [-0.3, -0.25) is 0 Å². The van der Waals surface area contributed by atoms with E-state index in [9.17, 15) is 0 Å². The predicted molar refractivity (Wildman–Crippen MR) is 114 cm³/mol. The number of aromatic nitrogens is 2. The fraction of sp³-hybridized carbons (Fsp3) is 0.136. The molecular formula is C22H21ClN2S. The molecule has 0 spiro atoms. The first-order valence-electron chi connectivity index (χ1n) is 8.52. The number of benzene rings is 2. The highest BCUT2D eigenvalue weighted by atomic mass is 35.5. The van der Waals surface area contributed by atoms with Crippen molar-refractivity contribution < 1.29 is 0 Å². The summed E-state index contributed by atoms with van der Waals surface area (Å²) in [6.45, 7) is 0.897. The van der Waals surface area contributed by atoms with E-state index in [0.29, 0.717) is 5.25 Å². The fourth-order valence-corrected chi connectivity index (χ4v) is 3.54. The van der Waals surface area contributed by atoms with E-state index in [1.54, 1.807) is 0 Å². The van der Waals surface area contributed by atoms with E-state index in [-0.39, 0.29) is 0 Å². The summed E-state index contributed by atoms with van der Waals surface area (Å²) in [5, 5.41) is 1.12. The van der Waals surface area contributed by atoms with E-state index >= 15 is 0 Å². The van der Waals surface area contributed by atoms with E-state index in [1.165, 1.54) is 5.56 Å². The van der Waals surface area contributed by atoms with Gasteiger partial charge >= 0.3 is 0 Å². The van der Waals surface area contributed by atoms with Crippen LogP contribution < -0.4 is 0 Å². The van der Waals surface area contributed by atoms with Gasteiger partial charge in [0.15, 0.2) is 0 Å². The molecular weight excluding hydrogens is 360 g/mol. The minimum Gasteiger partial charge on any atom is -0.336 e. The molecule has 1 aromatic heterocycles. The molecule has 0 radical (unpaired) electrons. The summed E-state index contributed by atoms with van der Waals surface area (Å²) in [5.74, 6) is 0.958. The van der Waals surface area contributed by atoms with Gasteiger partial charge in [0.05, 0.1) is 6.33 Å². The van der Waals surface area contributed by atoms with Gasteiger partial charge in [-0.15, -0.1) is 11.8 Å². The van der Waals surface area contributed by atoms with Crippen LogP contribution in [0, 0.1) is 0 Å². The van der Waals surface area contributed by atoms with Gasteiger partial charge < -0.3 is 4.57 Å². The molecule has 0 aliphatic carbocycles. The molecule has 0 aliphatic heterocycles. The van der Waals surface area contributed by atoms with Gasteiger partial charge in [0.25, 0.3) is 0 Å². The Labute approximate surface area is 164 Å². The monoisotopic (exact) mass is 380 g/mol. The number of thioether (sulfide) groups is 1. The van der Waals surface area contributed by atoms with Crippen LogP contribution in [0.3, 0.4) is 0 Å². The average molecular weight is 381 g/mol. The number of halogens is 1. The lowest BCUT2D eigenvalue weighted by molar-refractivity contribution is 0.721. The second-order valence-corrected chi connectivity index (χ2v) is 7.56. The number of hydrogen-bond donors (Lipinski definition) is 0. The Balaban J connectivity index is 1.61. The van der Waals surface area contributed by atoms with Crippen LogP contribution in [-0.2, 0) is 6.54 Å². The van der Waals surface area contributed by atoms with Gasteiger partial charge in [0, 0.05) is 35.0 Å². The first kappa shape index (κ1) is 18.6. The zero-order chi connectivity index (χ0) is 18.0. The Morgan fingerprint density at radius 3 is 2.50 bits per heavy atom. The Morgan fingerprint density at radius 2 is 1.77 bits per heavy atom. The third kappa shape index (κ3) is 6.25. The molecule has 26 heavy (non-hydrogen) atoms. The van der Waals surface area contributed by atoms with Crippen LogP contribution in [0.5, 0.6) is 0 Å². The summed E-state index contributed by atoms with van der Waals surface area (Å²) in [5.41, 5.74) is 2.39. The summed E-state index contributed by atoms with van der Waals surface area (Å²) in [6.07, 6.45) is 14.5. The molecule has 3 aromatic rings. The Hall–Kier alpha value is -2.23. The smallest absolute Gasteiger partial charge is 0.0946 e. The van der Waals surface area contributed by atoms with Crippen molar-refractivity contribution in [3.63, 3.8) is 0 Å². The lowest BCUT2D eigenvalue weighted by Crippen LogP contribution is -2.09. The van der Waals surface area contributed by atoms with E-state index in [4.69, 9.17) is 11.6 Å². The second-order valence-electron chi connectivity index (χ2n) is 5.85. The third-order valence-electron chi connectivity index (χ3n) is 3.84. The maximum atomic E-state index is 5.96.